The number of hydrogen-bond acceptors (Lipinski definition) is 3. The lowest BCUT2D eigenvalue weighted by Gasteiger charge is -2.13. The van der Waals surface area contributed by atoms with E-state index >= 15 is 0 Å². The van der Waals surface area contributed by atoms with Gasteiger partial charge in [-0.05, 0) is 19.1 Å². The number of halogens is 3. The molecule has 0 bridgehead atoms. The second-order valence-corrected chi connectivity index (χ2v) is 7.18. The SMILES string of the molecule is Cc1[nH]c(NS(=O)(=O)c2ccccc2C(F)(F)F)nc1-c1ccccc1. The van der Waals surface area contributed by atoms with Crippen LogP contribution in [0.4, 0.5) is 19.1 Å². The minimum atomic E-state index is -4.79. The van der Waals surface area contributed by atoms with Gasteiger partial charge in [-0.1, -0.05) is 42.5 Å². The van der Waals surface area contributed by atoms with Gasteiger partial charge in [0.2, 0.25) is 5.95 Å². The molecule has 136 valence electrons. The highest BCUT2D eigenvalue weighted by Crippen LogP contribution is 2.34. The van der Waals surface area contributed by atoms with Gasteiger partial charge < -0.3 is 4.98 Å². The third-order valence-corrected chi connectivity index (χ3v) is 5.04. The molecule has 1 heterocycles. The predicted molar refractivity (Wildman–Crippen MR) is 91.0 cm³/mol. The summed E-state index contributed by atoms with van der Waals surface area (Å²) in [5.41, 5.74) is 0.604. The van der Waals surface area contributed by atoms with Gasteiger partial charge in [-0.15, -0.1) is 0 Å². The Balaban J connectivity index is 1.98. The first-order chi connectivity index (χ1) is 12.2. The highest BCUT2D eigenvalue weighted by atomic mass is 32.2. The van der Waals surface area contributed by atoms with E-state index in [2.05, 4.69) is 14.7 Å². The average Bonchev–Trinajstić information content (AvgIpc) is 2.94. The van der Waals surface area contributed by atoms with Gasteiger partial charge in [0.15, 0.2) is 0 Å². The molecule has 0 aliphatic heterocycles. The largest absolute Gasteiger partial charge is 0.417 e. The van der Waals surface area contributed by atoms with Gasteiger partial charge >= 0.3 is 6.18 Å². The van der Waals surface area contributed by atoms with Crippen molar-refractivity contribution in [3.8, 4) is 11.3 Å². The number of H-pyrrole nitrogens is 1. The topological polar surface area (TPSA) is 74.8 Å². The Morgan fingerprint density at radius 3 is 2.27 bits per heavy atom. The monoisotopic (exact) mass is 381 g/mol. The number of benzene rings is 2. The van der Waals surface area contributed by atoms with E-state index in [9.17, 15) is 21.6 Å². The summed E-state index contributed by atoms with van der Waals surface area (Å²) in [7, 11) is -4.48. The Labute approximate surface area is 148 Å². The van der Waals surface area contributed by atoms with Crippen LogP contribution >= 0.6 is 0 Å². The summed E-state index contributed by atoms with van der Waals surface area (Å²) in [6.07, 6.45) is -4.79. The minimum absolute atomic E-state index is 0.154. The van der Waals surface area contributed by atoms with Gasteiger partial charge in [-0.2, -0.15) is 13.2 Å². The number of nitrogens with zero attached hydrogens (tertiary/aromatic N) is 1. The summed E-state index contributed by atoms with van der Waals surface area (Å²) in [5, 5.41) is 0. The maximum absolute atomic E-state index is 13.1. The lowest BCUT2D eigenvalue weighted by atomic mass is 10.1. The van der Waals surface area contributed by atoms with Crippen LogP contribution in [0.1, 0.15) is 11.3 Å². The minimum Gasteiger partial charge on any atom is -0.327 e. The first kappa shape index (κ1) is 18.0. The zero-order valence-electron chi connectivity index (χ0n) is 13.5. The van der Waals surface area contributed by atoms with Crippen molar-refractivity contribution in [1.82, 2.24) is 9.97 Å². The maximum Gasteiger partial charge on any atom is 0.417 e. The number of alkyl halides is 3. The number of sulfonamides is 1. The lowest BCUT2D eigenvalue weighted by molar-refractivity contribution is -0.139. The Hall–Kier alpha value is -2.81. The van der Waals surface area contributed by atoms with Gasteiger partial charge in [0.05, 0.1) is 16.2 Å². The molecule has 0 saturated heterocycles. The molecule has 1 aromatic heterocycles. The van der Waals surface area contributed by atoms with Crippen LogP contribution in [-0.4, -0.2) is 18.4 Å². The molecule has 2 N–H and O–H groups in total. The first-order valence-corrected chi connectivity index (χ1v) is 8.98. The van der Waals surface area contributed by atoms with Crippen LogP contribution in [0.5, 0.6) is 0 Å². The number of aryl methyl sites for hydroxylation is 1. The van der Waals surface area contributed by atoms with E-state index in [-0.39, 0.29) is 5.95 Å². The number of nitrogens with one attached hydrogen (secondary N) is 2. The lowest BCUT2D eigenvalue weighted by Crippen LogP contribution is -2.19. The quantitative estimate of drug-likeness (QED) is 0.711. The van der Waals surface area contributed by atoms with Crippen molar-refractivity contribution in [2.75, 3.05) is 4.72 Å². The second kappa shape index (κ2) is 6.49. The zero-order chi connectivity index (χ0) is 18.9. The Bertz CT molecular complexity index is 1030. The molecule has 9 heteroatoms. The normalized spacial score (nSPS) is 12.2. The van der Waals surface area contributed by atoms with Crippen molar-refractivity contribution in [3.05, 3.63) is 65.9 Å². The highest BCUT2D eigenvalue weighted by Gasteiger charge is 2.37. The van der Waals surface area contributed by atoms with Gasteiger partial charge in [0, 0.05) is 11.3 Å². The molecular weight excluding hydrogens is 367 g/mol. The summed E-state index contributed by atoms with van der Waals surface area (Å²) in [6, 6.07) is 13.0. The molecule has 2 aromatic carbocycles. The summed E-state index contributed by atoms with van der Waals surface area (Å²) < 4.78 is 66.3. The molecular formula is C17H14F3N3O2S. The summed E-state index contributed by atoms with van der Waals surface area (Å²) in [6.45, 7) is 1.69. The summed E-state index contributed by atoms with van der Waals surface area (Å²) in [4.78, 5) is 6.04. The third kappa shape index (κ3) is 3.57. The smallest absolute Gasteiger partial charge is 0.327 e. The van der Waals surface area contributed by atoms with Crippen LogP contribution in [0.2, 0.25) is 0 Å². The van der Waals surface area contributed by atoms with Crippen LogP contribution < -0.4 is 4.72 Å². The molecule has 0 aliphatic carbocycles. The number of anilines is 1. The van der Waals surface area contributed by atoms with E-state index in [1.807, 2.05) is 6.07 Å². The van der Waals surface area contributed by atoms with Crippen LogP contribution in [0.3, 0.4) is 0 Å². The fourth-order valence-electron chi connectivity index (χ4n) is 2.50. The maximum atomic E-state index is 13.1. The molecule has 3 rings (SSSR count). The van der Waals surface area contributed by atoms with Gasteiger partial charge in [0.1, 0.15) is 0 Å². The van der Waals surface area contributed by atoms with E-state index in [0.29, 0.717) is 11.4 Å². The molecule has 0 spiro atoms. The zero-order valence-corrected chi connectivity index (χ0v) is 14.3. The molecule has 26 heavy (non-hydrogen) atoms. The summed E-state index contributed by atoms with van der Waals surface area (Å²) in [5.74, 6) is -0.154. The van der Waals surface area contributed by atoms with Crippen molar-refractivity contribution < 1.29 is 21.6 Å². The molecule has 0 atom stereocenters. The standard InChI is InChI=1S/C17H14F3N3O2S/c1-11-15(12-7-3-2-4-8-12)22-16(21-11)23-26(24,25)14-10-6-5-9-13(14)17(18,19)20/h2-10H,1H3,(H2,21,22,23). The van der Waals surface area contributed by atoms with Gasteiger partial charge in [-0.3, -0.25) is 0 Å². The molecule has 0 aliphatic rings. The molecule has 0 radical (unpaired) electrons. The van der Waals surface area contributed by atoms with E-state index in [0.717, 1.165) is 23.8 Å². The Morgan fingerprint density at radius 1 is 1.00 bits per heavy atom. The molecule has 3 aromatic rings. The van der Waals surface area contributed by atoms with Gasteiger partial charge in [-0.25, -0.2) is 18.1 Å². The second-order valence-electron chi connectivity index (χ2n) is 5.52. The molecule has 0 unspecified atom stereocenters. The van der Waals surface area contributed by atoms with E-state index in [1.165, 1.54) is 6.07 Å². The van der Waals surface area contributed by atoms with Crippen molar-refractivity contribution in [3.63, 3.8) is 0 Å². The molecule has 0 fully saturated rings. The first-order valence-electron chi connectivity index (χ1n) is 7.49. The van der Waals surface area contributed by atoms with Crippen LogP contribution in [-0.2, 0) is 16.2 Å². The predicted octanol–water partition coefficient (Wildman–Crippen LogP) is 4.20. The summed E-state index contributed by atoms with van der Waals surface area (Å²) >= 11 is 0. The van der Waals surface area contributed by atoms with E-state index < -0.39 is 26.7 Å². The number of aromatic nitrogens is 2. The van der Waals surface area contributed by atoms with Crippen LogP contribution in [0.25, 0.3) is 11.3 Å². The molecule has 0 saturated carbocycles. The third-order valence-electron chi connectivity index (χ3n) is 3.64. The van der Waals surface area contributed by atoms with E-state index in [4.69, 9.17) is 0 Å². The van der Waals surface area contributed by atoms with Crippen molar-refractivity contribution in [2.24, 2.45) is 0 Å². The highest BCUT2D eigenvalue weighted by molar-refractivity contribution is 7.92. The van der Waals surface area contributed by atoms with Crippen molar-refractivity contribution >= 4 is 16.0 Å². The number of hydrogen-bond donors (Lipinski definition) is 2. The van der Waals surface area contributed by atoms with Crippen molar-refractivity contribution in [2.45, 2.75) is 18.0 Å². The fraction of sp³-hybridized carbons (Fsp3) is 0.118. The Morgan fingerprint density at radius 2 is 1.62 bits per heavy atom. The number of rotatable bonds is 4. The number of aromatic amines is 1. The van der Waals surface area contributed by atoms with Crippen molar-refractivity contribution in [1.29, 1.82) is 0 Å². The van der Waals surface area contributed by atoms with E-state index in [1.54, 1.807) is 31.2 Å². The van der Waals surface area contributed by atoms with Crippen LogP contribution in [0.15, 0.2) is 59.5 Å². The number of imidazole rings is 1. The average molecular weight is 381 g/mol. The molecule has 0 amide bonds. The molecule has 5 nitrogen and oxygen atoms in total. The van der Waals surface area contributed by atoms with Gasteiger partial charge in [0.25, 0.3) is 10.0 Å². The Kier molecular flexibility index (Phi) is 4.49. The van der Waals surface area contributed by atoms with Crippen LogP contribution in [0, 0.1) is 6.92 Å². The fourth-order valence-corrected chi connectivity index (χ4v) is 3.70.